The minimum atomic E-state index is -0.161. The van der Waals surface area contributed by atoms with E-state index < -0.39 is 0 Å². The van der Waals surface area contributed by atoms with Crippen molar-refractivity contribution in [2.75, 3.05) is 19.6 Å². The number of H-pyrrole nitrogens is 1. The third-order valence-corrected chi connectivity index (χ3v) is 4.72. The van der Waals surface area contributed by atoms with Crippen molar-refractivity contribution in [3.8, 4) is 0 Å². The molecule has 1 aliphatic rings. The molecular weight excluding hydrogens is 248 g/mol. The van der Waals surface area contributed by atoms with Crippen LogP contribution in [0.5, 0.6) is 0 Å². The summed E-state index contributed by atoms with van der Waals surface area (Å²) in [5.41, 5.74) is 3.83. The maximum Gasteiger partial charge on any atom is 0.0596 e. The van der Waals surface area contributed by atoms with Crippen LogP contribution in [-0.2, 0) is 6.42 Å². The van der Waals surface area contributed by atoms with E-state index in [4.69, 9.17) is 0 Å². The molecule has 108 valence electrons. The van der Waals surface area contributed by atoms with Gasteiger partial charge in [0.1, 0.15) is 0 Å². The summed E-state index contributed by atoms with van der Waals surface area (Å²) in [4.78, 5) is 5.91. The van der Waals surface area contributed by atoms with Gasteiger partial charge in [-0.25, -0.2) is 0 Å². The minimum Gasteiger partial charge on any atom is -0.393 e. The van der Waals surface area contributed by atoms with Crippen molar-refractivity contribution in [3.05, 3.63) is 35.5 Å². The van der Waals surface area contributed by atoms with Crippen molar-refractivity contribution in [1.29, 1.82) is 0 Å². The number of nitrogens with one attached hydrogen (secondary N) is 1. The van der Waals surface area contributed by atoms with Crippen molar-refractivity contribution < 1.29 is 5.11 Å². The van der Waals surface area contributed by atoms with Gasteiger partial charge in [-0.3, -0.25) is 0 Å². The molecule has 2 atom stereocenters. The van der Waals surface area contributed by atoms with E-state index in [0.717, 1.165) is 32.5 Å². The van der Waals surface area contributed by atoms with Crippen molar-refractivity contribution in [3.63, 3.8) is 0 Å². The number of hydrogen-bond donors (Lipinski definition) is 2. The zero-order chi connectivity index (χ0) is 14.1. The zero-order valence-electron chi connectivity index (χ0n) is 12.4. The summed E-state index contributed by atoms with van der Waals surface area (Å²) in [6.07, 6.45) is 1.71. The van der Waals surface area contributed by atoms with Gasteiger partial charge in [0.2, 0.25) is 0 Å². The number of likely N-dealkylation sites (tertiary alicyclic amines) is 1. The molecule has 0 radical (unpaired) electrons. The van der Waals surface area contributed by atoms with Crippen LogP contribution in [0.25, 0.3) is 10.9 Å². The Kier molecular flexibility index (Phi) is 3.81. The maximum absolute atomic E-state index is 10.3. The SMILES string of the molecule is CCN1CCC(O)C(Cc2c(C)[nH]c3ccccc23)C1. The predicted molar refractivity (Wildman–Crippen MR) is 83.0 cm³/mol. The lowest BCUT2D eigenvalue weighted by molar-refractivity contribution is 0.0291. The van der Waals surface area contributed by atoms with E-state index >= 15 is 0 Å². The van der Waals surface area contributed by atoms with E-state index in [2.05, 4.69) is 48.0 Å². The second-order valence-electron chi connectivity index (χ2n) is 5.99. The number of aromatic nitrogens is 1. The van der Waals surface area contributed by atoms with E-state index in [1.807, 2.05) is 0 Å². The van der Waals surface area contributed by atoms with Gasteiger partial charge in [-0.2, -0.15) is 0 Å². The number of aliphatic hydroxyl groups is 1. The Balaban J connectivity index is 1.86. The number of para-hydroxylation sites is 1. The average Bonchev–Trinajstić information content (AvgIpc) is 2.77. The van der Waals surface area contributed by atoms with Crippen LogP contribution in [0.3, 0.4) is 0 Å². The highest BCUT2D eigenvalue weighted by Crippen LogP contribution is 2.28. The smallest absolute Gasteiger partial charge is 0.0596 e. The third-order valence-electron chi connectivity index (χ3n) is 4.72. The Morgan fingerprint density at radius 1 is 1.35 bits per heavy atom. The number of piperidine rings is 1. The van der Waals surface area contributed by atoms with Crippen LogP contribution >= 0.6 is 0 Å². The van der Waals surface area contributed by atoms with E-state index in [0.29, 0.717) is 5.92 Å². The van der Waals surface area contributed by atoms with Crippen molar-refractivity contribution >= 4 is 10.9 Å². The molecule has 1 fully saturated rings. The van der Waals surface area contributed by atoms with Crippen molar-refractivity contribution in [1.82, 2.24) is 9.88 Å². The quantitative estimate of drug-likeness (QED) is 0.902. The molecule has 20 heavy (non-hydrogen) atoms. The molecule has 0 spiro atoms. The summed E-state index contributed by atoms with van der Waals surface area (Å²) in [6.45, 7) is 7.46. The Morgan fingerprint density at radius 2 is 2.15 bits per heavy atom. The van der Waals surface area contributed by atoms with Crippen molar-refractivity contribution in [2.24, 2.45) is 5.92 Å². The van der Waals surface area contributed by atoms with E-state index in [-0.39, 0.29) is 6.10 Å². The fraction of sp³-hybridized carbons (Fsp3) is 0.529. The molecule has 2 unspecified atom stereocenters. The first-order valence-electron chi connectivity index (χ1n) is 7.65. The second-order valence-corrected chi connectivity index (χ2v) is 5.99. The number of nitrogens with zero attached hydrogens (tertiary/aromatic N) is 1. The molecule has 3 rings (SSSR count). The normalized spacial score (nSPS) is 24.4. The summed E-state index contributed by atoms with van der Waals surface area (Å²) < 4.78 is 0. The second kappa shape index (κ2) is 5.58. The number of rotatable bonds is 3. The van der Waals surface area contributed by atoms with Crippen LogP contribution in [0.2, 0.25) is 0 Å². The molecule has 1 aromatic carbocycles. The Hall–Kier alpha value is -1.32. The summed E-state index contributed by atoms with van der Waals surface area (Å²) >= 11 is 0. The molecule has 1 aromatic heterocycles. The lowest BCUT2D eigenvalue weighted by atomic mass is 9.88. The highest BCUT2D eigenvalue weighted by molar-refractivity contribution is 5.84. The molecule has 0 saturated carbocycles. The Morgan fingerprint density at radius 3 is 2.95 bits per heavy atom. The highest BCUT2D eigenvalue weighted by atomic mass is 16.3. The van der Waals surface area contributed by atoms with E-state index in [1.165, 1.54) is 22.2 Å². The number of hydrogen-bond acceptors (Lipinski definition) is 2. The summed E-state index contributed by atoms with van der Waals surface area (Å²) in [5.74, 6) is 0.349. The van der Waals surface area contributed by atoms with Crippen LogP contribution in [0.15, 0.2) is 24.3 Å². The minimum absolute atomic E-state index is 0.161. The molecule has 2 aromatic rings. The monoisotopic (exact) mass is 272 g/mol. The van der Waals surface area contributed by atoms with Gasteiger partial charge >= 0.3 is 0 Å². The van der Waals surface area contributed by atoms with Gasteiger partial charge in [0.25, 0.3) is 0 Å². The van der Waals surface area contributed by atoms with Crippen LogP contribution in [-0.4, -0.2) is 40.7 Å². The molecule has 1 saturated heterocycles. The van der Waals surface area contributed by atoms with Crippen LogP contribution in [0.1, 0.15) is 24.6 Å². The van der Waals surface area contributed by atoms with Gasteiger partial charge in [0.05, 0.1) is 6.10 Å². The van der Waals surface area contributed by atoms with Gasteiger partial charge in [0.15, 0.2) is 0 Å². The summed E-state index contributed by atoms with van der Waals surface area (Å²) in [6, 6.07) is 8.47. The standard InChI is InChI=1S/C17H24N2O/c1-3-19-9-8-17(20)13(11-19)10-15-12(2)18-16-7-5-4-6-14(15)16/h4-7,13,17-18,20H,3,8-11H2,1-2H3. The molecule has 1 aliphatic heterocycles. The van der Waals surface area contributed by atoms with E-state index in [1.54, 1.807) is 0 Å². The van der Waals surface area contributed by atoms with Crippen LogP contribution in [0.4, 0.5) is 0 Å². The molecule has 0 amide bonds. The fourth-order valence-electron chi connectivity index (χ4n) is 3.44. The van der Waals surface area contributed by atoms with Gasteiger partial charge in [-0.1, -0.05) is 25.1 Å². The van der Waals surface area contributed by atoms with Gasteiger partial charge in [-0.15, -0.1) is 0 Å². The molecule has 0 aliphatic carbocycles. The van der Waals surface area contributed by atoms with Crippen LogP contribution < -0.4 is 0 Å². The first-order chi connectivity index (χ1) is 9.69. The largest absolute Gasteiger partial charge is 0.393 e. The number of aryl methyl sites for hydroxylation is 1. The van der Waals surface area contributed by atoms with E-state index in [9.17, 15) is 5.11 Å². The highest BCUT2D eigenvalue weighted by Gasteiger charge is 2.28. The summed E-state index contributed by atoms with van der Waals surface area (Å²) in [7, 11) is 0. The lowest BCUT2D eigenvalue weighted by Crippen LogP contribution is -2.43. The number of fused-ring (bicyclic) bond motifs is 1. The first-order valence-corrected chi connectivity index (χ1v) is 7.65. The molecule has 2 heterocycles. The number of aliphatic hydroxyl groups excluding tert-OH is 1. The number of aromatic amines is 1. The van der Waals surface area contributed by atoms with Crippen molar-refractivity contribution in [2.45, 2.75) is 32.8 Å². The lowest BCUT2D eigenvalue weighted by Gasteiger charge is -2.35. The zero-order valence-corrected chi connectivity index (χ0v) is 12.4. The molecule has 2 N–H and O–H groups in total. The third kappa shape index (κ3) is 2.48. The summed E-state index contributed by atoms with van der Waals surface area (Å²) in [5, 5.41) is 11.6. The van der Waals surface area contributed by atoms with Gasteiger partial charge < -0.3 is 15.0 Å². The van der Waals surface area contributed by atoms with Gasteiger partial charge in [-0.05, 0) is 37.9 Å². The Bertz CT molecular complexity index is 590. The molecule has 3 nitrogen and oxygen atoms in total. The number of benzene rings is 1. The molecule has 0 bridgehead atoms. The Labute approximate surface area is 120 Å². The molecule has 3 heteroatoms. The average molecular weight is 272 g/mol. The van der Waals surface area contributed by atoms with Gasteiger partial charge in [0, 0.05) is 35.6 Å². The topological polar surface area (TPSA) is 39.3 Å². The first kappa shape index (κ1) is 13.7. The maximum atomic E-state index is 10.3. The van der Waals surface area contributed by atoms with Crippen LogP contribution in [0, 0.1) is 12.8 Å². The molecular formula is C17H24N2O. The fourth-order valence-corrected chi connectivity index (χ4v) is 3.44. The predicted octanol–water partition coefficient (Wildman–Crippen LogP) is 2.72.